The standard InChI is InChI=1S/C15H18N2O3/c1-3-13(4-2)17-14(18)10-20-15(19)12-7-5-11(9-16)6-8-12/h5-8,13H,3-4,10H2,1-2H3,(H,17,18). The van der Waals surface area contributed by atoms with Gasteiger partial charge < -0.3 is 10.1 Å². The van der Waals surface area contributed by atoms with Gasteiger partial charge >= 0.3 is 5.97 Å². The third-order valence-electron chi connectivity index (χ3n) is 2.93. The van der Waals surface area contributed by atoms with Gasteiger partial charge in [-0.15, -0.1) is 0 Å². The van der Waals surface area contributed by atoms with Crippen molar-refractivity contribution in [3.63, 3.8) is 0 Å². The Hall–Kier alpha value is -2.35. The first-order valence-corrected chi connectivity index (χ1v) is 6.57. The van der Waals surface area contributed by atoms with Crippen LogP contribution < -0.4 is 5.32 Å². The van der Waals surface area contributed by atoms with Crippen LogP contribution >= 0.6 is 0 Å². The molecule has 1 rings (SSSR count). The molecule has 106 valence electrons. The molecule has 1 amide bonds. The molecule has 0 aliphatic carbocycles. The van der Waals surface area contributed by atoms with Crippen LogP contribution in [0.1, 0.15) is 42.6 Å². The highest BCUT2D eigenvalue weighted by Crippen LogP contribution is 2.05. The van der Waals surface area contributed by atoms with Gasteiger partial charge in [-0.2, -0.15) is 5.26 Å². The second kappa shape index (κ2) is 7.95. The average molecular weight is 274 g/mol. The zero-order chi connectivity index (χ0) is 15.0. The number of rotatable bonds is 6. The van der Waals surface area contributed by atoms with Crippen molar-refractivity contribution in [2.45, 2.75) is 32.7 Å². The zero-order valence-corrected chi connectivity index (χ0v) is 11.7. The lowest BCUT2D eigenvalue weighted by Gasteiger charge is -2.14. The lowest BCUT2D eigenvalue weighted by molar-refractivity contribution is -0.125. The van der Waals surface area contributed by atoms with Gasteiger partial charge in [0, 0.05) is 6.04 Å². The number of nitriles is 1. The fourth-order valence-electron chi connectivity index (χ4n) is 1.66. The number of carbonyl (C=O) groups excluding carboxylic acids is 2. The van der Waals surface area contributed by atoms with Crippen molar-refractivity contribution in [1.29, 1.82) is 5.26 Å². The minimum Gasteiger partial charge on any atom is -0.452 e. The summed E-state index contributed by atoms with van der Waals surface area (Å²) in [7, 11) is 0. The quantitative estimate of drug-likeness (QED) is 0.805. The summed E-state index contributed by atoms with van der Waals surface area (Å²) in [4.78, 5) is 23.3. The Morgan fingerprint density at radius 2 is 1.85 bits per heavy atom. The van der Waals surface area contributed by atoms with E-state index < -0.39 is 5.97 Å². The first-order valence-electron chi connectivity index (χ1n) is 6.57. The highest BCUT2D eigenvalue weighted by Gasteiger charge is 2.12. The Labute approximate surface area is 118 Å². The van der Waals surface area contributed by atoms with E-state index in [1.165, 1.54) is 24.3 Å². The van der Waals surface area contributed by atoms with Crippen molar-refractivity contribution in [2.75, 3.05) is 6.61 Å². The van der Waals surface area contributed by atoms with Crippen LogP contribution in [0.2, 0.25) is 0 Å². The molecule has 0 bridgehead atoms. The van der Waals surface area contributed by atoms with Gasteiger partial charge in [0.2, 0.25) is 0 Å². The Morgan fingerprint density at radius 1 is 1.25 bits per heavy atom. The summed E-state index contributed by atoms with van der Waals surface area (Å²) in [6.07, 6.45) is 1.68. The molecule has 0 atom stereocenters. The van der Waals surface area contributed by atoms with Gasteiger partial charge in [-0.05, 0) is 37.1 Å². The molecular formula is C15H18N2O3. The molecule has 0 aliphatic rings. The Balaban J connectivity index is 2.46. The summed E-state index contributed by atoms with van der Waals surface area (Å²) in [5.74, 6) is -0.880. The molecule has 1 aromatic carbocycles. The van der Waals surface area contributed by atoms with Crippen LogP contribution in [0.5, 0.6) is 0 Å². The van der Waals surface area contributed by atoms with Gasteiger partial charge in [0.1, 0.15) is 0 Å². The molecule has 0 spiro atoms. The largest absolute Gasteiger partial charge is 0.452 e. The Bertz CT molecular complexity index is 499. The van der Waals surface area contributed by atoms with Crippen LogP contribution in [0.3, 0.4) is 0 Å². The molecule has 0 saturated heterocycles. The summed E-state index contributed by atoms with van der Waals surface area (Å²) in [5, 5.41) is 11.4. The molecule has 0 saturated carbocycles. The van der Waals surface area contributed by atoms with E-state index in [4.69, 9.17) is 10.00 Å². The number of hydrogen-bond acceptors (Lipinski definition) is 4. The van der Waals surface area contributed by atoms with E-state index in [0.29, 0.717) is 11.1 Å². The van der Waals surface area contributed by atoms with Crippen LogP contribution in [0, 0.1) is 11.3 Å². The minimum atomic E-state index is -0.575. The van der Waals surface area contributed by atoms with Gasteiger partial charge in [0.05, 0.1) is 17.2 Å². The van der Waals surface area contributed by atoms with Gasteiger partial charge in [0.15, 0.2) is 6.61 Å². The summed E-state index contributed by atoms with van der Waals surface area (Å²) >= 11 is 0. The molecule has 1 N–H and O–H groups in total. The van der Waals surface area contributed by atoms with E-state index >= 15 is 0 Å². The van der Waals surface area contributed by atoms with Crippen molar-refractivity contribution in [3.05, 3.63) is 35.4 Å². The van der Waals surface area contributed by atoms with Gasteiger partial charge in [0.25, 0.3) is 5.91 Å². The van der Waals surface area contributed by atoms with Crippen molar-refractivity contribution in [3.8, 4) is 6.07 Å². The molecule has 0 unspecified atom stereocenters. The van der Waals surface area contributed by atoms with Crippen LogP contribution in [-0.2, 0) is 9.53 Å². The molecular weight excluding hydrogens is 256 g/mol. The summed E-state index contributed by atoms with van der Waals surface area (Å²) in [6.45, 7) is 3.67. The maximum absolute atomic E-state index is 11.7. The van der Waals surface area contributed by atoms with E-state index in [-0.39, 0.29) is 18.6 Å². The zero-order valence-electron chi connectivity index (χ0n) is 11.7. The number of nitrogens with zero attached hydrogens (tertiary/aromatic N) is 1. The molecule has 5 heteroatoms. The molecule has 1 aromatic rings. The van der Waals surface area contributed by atoms with Crippen LogP contribution in [-0.4, -0.2) is 24.5 Å². The number of carbonyl (C=O) groups is 2. The lowest BCUT2D eigenvalue weighted by atomic mass is 10.1. The molecule has 0 radical (unpaired) electrons. The smallest absolute Gasteiger partial charge is 0.338 e. The van der Waals surface area contributed by atoms with E-state index in [1.54, 1.807) is 0 Å². The Kier molecular flexibility index (Phi) is 6.24. The van der Waals surface area contributed by atoms with Crippen molar-refractivity contribution < 1.29 is 14.3 Å². The maximum Gasteiger partial charge on any atom is 0.338 e. The first kappa shape index (κ1) is 15.7. The van der Waals surface area contributed by atoms with E-state index in [9.17, 15) is 9.59 Å². The van der Waals surface area contributed by atoms with E-state index in [2.05, 4.69) is 5.32 Å². The third-order valence-corrected chi connectivity index (χ3v) is 2.93. The number of benzene rings is 1. The Morgan fingerprint density at radius 3 is 2.35 bits per heavy atom. The fourth-order valence-corrected chi connectivity index (χ4v) is 1.66. The number of esters is 1. The van der Waals surface area contributed by atoms with Gasteiger partial charge in [-0.3, -0.25) is 4.79 Å². The van der Waals surface area contributed by atoms with E-state index in [0.717, 1.165) is 12.8 Å². The SMILES string of the molecule is CCC(CC)NC(=O)COC(=O)c1ccc(C#N)cc1. The van der Waals surface area contributed by atoms with Gasteiger partial charge in [-0.25, -0.2) is 4.79 Å². The number of amides is 1. The minimum absolute atomic E-state index is 0.108. The predicted octanol–water partition coefficient (Wildman–Crippen LogP) is 2.02. The number of nitrogens with one attached hydrogen (secondary N) is 1. The predicted molar refractivity (Wildman–Crippen MR) is 74.0 cm³/mol. The third kappa shape index (κ3) is 4.73. The topological polar surface area (TPSA) is 79.2 Å². The monoisotopic (exact) mass is 274 g/mol. The fraction of sp³-hybridized carbons (Fsp3) is 0.400. The summed E-state index contributed by atoms with van der Waals surface area (Å²) in [6, 6.07) is 8.13. The number of hydrogen-bond donors (Lipinski definition) is 1. The van der Waals surface area contributed by atoms with Crippen LogP contribution in [0.4, 0.5) is 0 Å². The lowest BCUT2D eigenvalue weighted by Crippen LogP contribution is -2.36. The average Bonchev–Trinajstić information content (AvgIpc) is 2.50. The first-order chi connectivity index (χ1) is 9.60. The van der Waals surface area contributed by atoms with Gasteiger partial charge in [-0.1, -0.05) is 13.8 Å². The summed E-state index contributed by atoms with van der Waals surface area (Å²) < 4.78 is 4.92. The number of ether oxygens (including phenoxy) is 1. The van der Waals surface area contributed by atoms with Crippen LogP contribution in [0.15, 0.2) is 24.3 Å². The normalized spacial score (nSPS) is 9.90. The highest BCUT2D eigenvalue weighted by atomic mass is 16.5. The molecule has 20 heavy (non-hydrogen) atoms. The van der Waals surface area contributed by atoms with Crippen molar-refractivity contribution in [1.82, 2.24) is 5.32 Å². The highest BCUT2D eigenvalue weighted by molar-refractivity contribution is 5.91. The molecule has 0 aliphatic heterocycles. The molecule has 0 heterocycles. The maximum atomic E-state index is 11.7. The molecule has 0 aromatic heterocycles. The summed E-state index contributed by atoms with van der Waals surface area (Å²) in [5.41, 5.74) is 0.785. The molecule has 5 nitrogen and oxygen atoms in total. The van der Waals surface area contributed by atoms with Crippen LogP contribution in [0.25, 0.3) is 0 Å². The van der Waals surface area contributed by atoms with Crippen molar-refractivity contribution in [2.24, 2.45) is 0 Å². The second-order valence-electron chi connectivity index (χ2n) is 4.35. The second-order valence-corrected chi connectivity index (χ2v) is 4.35. The van der Waals surface area contributed by atoms with Crippen molar-refractivity contribution >= 4 is 11.9 Å². The molecule has 0 fully saturated rings. The van der Waals surface area contributed by atoms with E-state index in [1.807, 2.05) is 19.9 Å².